The van der Waals surface area contributed by atoms with E-state index in [0.717, 1.165) is 37.9 Å². The molecule has 1 saturated heterocycles. The quantitative estimate of drug-likeness (QED) is 0.899. The highest BCUT2D eigenvalue weighted by Crippen LogP contribution is 2.27. The zero-order valence-corrected chi connectivity index (χ0v) is 14.3. The molecular weight excluding hydrogens is 322 g/mol. The molecule has 1 fully saturated rings. The molecule has 24 heavy (non-hydrogen) atoms. The monoisotopic (exact) mass is 343 g/mol. The third-order valence-electron chi connectivity index (χ3n) is 4.57. The Morgan fingerprint density at radius 3 is 2.67 bits per heavy atom. The van der Waals surface area contributed by atoms with Crippen molar-refractivity contribution in [2.75, 3.05) is 13.1 Å². The van der Waals surface area contributed by atoms with E-state index in [1.807, 2.05) is 28.5 Å². The van der Waals surface area contributed by atoms with Gasteiger partial charge in [0, 0.05) is 30.3 Å². The van der Waals surface area contributed by atoms with Gasteiger partial charge in [-0.2, -0.15) is 0 Å². The Balaban J connectivity index is 1.59. The predicted molar refractivity (Wildman–Crippen MR) is 94.6 cm³/mol. The van der Waals surface area contributed by atoms with Crippen LogP contribution in [0.25, 0.3) is 0 Å². The van der Waals surface area contributed by atoms with Crippen molar-refractivity contribution < 1.29 is 14.7 Å². The number of aromatic carboxylic acids is 1. The average molecular weight is 343 g/mol. The van der Waals surface area contributed by atoms with Gasteiger partial charge < -0.3 is 10.0 Å². The Morgan fingerprint density at radius 1 is 1.21 bits per heavy atom. The molecule has 0 spiro atoms. The molecule has 0 bridgehead atoms. The molecule has 1 aromatic carbocycles. The number of thiophene rings is 1. The summed E-state index contributed by atoms with van der Waals surface area (Å²) in [5.41, 5.74) is 1.43. The van der Waals surface area contributed by atoms with E-state index in [1.54, 1.807) is 23.5 Å². The molecule has 1 amide bonds. The normalized spacial score (nSPS) is 17.7. The van der Waals surface area contributed by atoms with Crippen LogP contribution in [0.2, 0.25) is 0 Å². The van der Waals surface area contributed by atoms with Gasteiger partial charge in [0.1, 0.15) is 0 Å². The van der Waals surface area contributed by atoms with Crippen molar-refractivity contribution in [1.82, 2.24) is 4.90 Å². The number of carboxylic acids is 1. The Kier molecular flexibility index (Phi) is 5.30. The van der Waals surface area contributed by atoms with Crippen LogP contribution in [0.1, 0.15) is 46.0 Å². The minimum atomic E-state index is -0.907. The molecule has 0 aliphatic carbocycles. The fourth-order valence-electron chi connectivity index (χ4n) is 3.22. The molecule has 1 atom stereocenters. The average Bonchev–Trinajstić information content (AvgIpc) is 3.13. The minimum absolute atomic E-state index is 0.218. The number of carboxylic acid groups (broad SMARTS) is 1. The third-order valence-corrected chi connectivity index (χ3v) is 5.50. The number of piperidine rings is 1. The largest absolute Gasteiger partial charge is 0.478 e. The Hall–Kier alpha value is -2.14. The van der Waals surface area contributed by atoms with Crippen LogP contribution in [-0.4, -0.2) is 35.0 Å². The molecule has 1 aromatic heterocycles. The van der Waals surface area contributed by atoms with Crippen LogP contribution >= 0.6 is 11.3 Å². The van der Waals surface area contributed by atoms with Gasteiger partial charge in [0.15, 0.2) is 0 Å². The van der Waals surface area contributed by atoms with Crippen LogP contribution in [0.4, 0.5) is 0 Å². The van der Waals surface area contributed by atoms with E-state index in [0.29, 0.717) is 17.9 Å². The number of likely N-dealkylation sites (tertiary alicyclic amines) is 1. The van der Waals surface area contributed by atoms with Crippen LogP contribution in [0.5, 0.6) is 0 Å². The fraction of sp³-hybridized carbons (Fsp3) is 0.368. The lowest BCUT2D eigenvalue weighted by atomic mass is 9.90. The summed E-state index contributed by atoms with van der Waals surface area (Å²) >= 11 is 1.69. The first kappa shape index (κ1) is 16.7. The van der Waals surface area contributed by atoms with Crippen LogP contribution in [0.15, 0.2) is 41.8 Å². The molecule has 2 aromatic rings. The van der Waals surface area contributed by atoms with Gasteiger partial charge in [0.25, 0.3) is 0 Å². The highest BCUT2D eigenvalue weighted by Gasteiger charge is 2.24. The SMILES string of the molecule is O=C(O)c1ccc(C2CCCN(C(=O)CCc3cccs3)C2)cc1. The van der Waals surface area contributed by atoms with Crippen molar-refractivity contribution in [3.8, 4) is 0 Å². The summed E-state index contributed by atoms with van der Waals surface area (Å²) in [6.07, 6.45) is 3.41. The van der Waals surface area contributed by atoms with Gasteiger partial charge in [-0.05, 0) is 48.4 Å². The van der Waals surface area contributed by atoms with Gasteiger partial charge in [-0.25, -0.2) is 4.79 Å². The van der Waals surface area contributed by atoms with E-state index in [2.05, 4.69) is 6.07 Å². The number of hydrogen-bond donors (Lipinski definition) is 1. The van der Waals surface area contributed by atoms with Crippen molar-refractivity contribution in [3.63, 3.8) is 0 Å². The topological polar surface area (TPSA) is 57.6 Å². The van der Waals surface area contributed by atoms with Gasteiger partial charge >= 0.3 is 5.97 Å². The smallest absolute Gasteiger partial charge is 0.335 e. The van der Waals surface area contributed by atoms with Gasteiger partial charge in [0.05, 0.1) is 5.56 Å². The van der Waals surface area contributed by atoms with Crippen molar-refractivity contribution in [1.29, 1.82) is 0 Å². The third kappa shape index (κ3) is 4.03. The second-order valence-corrected chi connectivity index (χ2v) is 7.22. The second-order valence-electron chi connectivity index (χ2n) is 6.19. The van der Waals surface area contributed by atoms with E-state index in [9.17, 15) is 9.59 Å². The summed E-state index contributed by atoms with van der Waals surface area (Å²) in [4.78, 5) is 26.6. The number of rotatable bonds is 5. The van der Waals surface area contributed by atoms with Gasteiger partial charge in [-0.1, -0.05) is 18.2 Å². The highest BCUT2D eigenvalue weighted by atomic mass is 32.1. The maximum Gasteiger partial charge on any atom is 0.335 e. The molecule has 1 aliphatic rings. The van der Waals surface area contributed by atoms with Crippen molar-refractivity contribution in [2.45, 2.75) is 31.6 Å². The molecule has 1 N–H and O–H groups in total. The maximum atomic E-state index is 12.5. The molecular formula is C19H21NO3S. The van der Waals surface area contributed by atoms with Gasteiger partial charge in [-0.15, -0.1) is 11.3 Å². The van der Waals surface area contributed by atoms with Gasteiger partial charge in [0.2, 0.25) is 5.91 Å². The van der Waals surface area contributed by atoms with E-state index in [4.69, 9.17) is 5.11 Å². The van der Waals surface area contributed by atoms with E-state index < -0.39 is 5.97 Å². The van der Waals surface area contributed by atoms with E-state index in [-0.39, 0.29) is 5.91 Å². The predicted octanol–water partition coefficient (Wildman–Crippen LogP) is 3.79. The number of nitrogens with zero attached hydrogens (tertiary/aromatic N) is 1. The summed E-state index contributed by atoms with van der Waals surface area (Å²) < 4.78 is 0. The number of carbonyl (C=O) groups excluding carboxylic acids is 1. The molecule has 0 radical (unpaired) electrons. The number of benzene rings is 1. The summed E-state index contributed by atoms with van der Waals surface area (Å²) in [5.74, 6) is -0.391. The zero-order chi connectivity index (χ0) is 16.9. The summed E-state index contributed by atoms with van der Waals surface area (Å²) in [7, 11) is 0. The van der Waals surface area contributed by atoms with Gasteiger partial charge in [-0.3, -0.25) is 4.79 Å². The Labute approximate surface area is 145 Å². The minimum Gasteiger partial charge on any atom is -0.478 e. The molecule has 5 heteroatoms. The lowest BCUT2D eigenvalue weighted by Gasteiger charge is -2.33. The van der Waals surface area contributed by atoms with Crippen molar-refractivity contribution in [2.24, 2.45) is 0 Å². The summed E-state index contributed by atoms with van der Waals surface area (Å²) in [6, 6.07) is 11.1. The lowest BCUT2D eigenvalue weighted by Crippen LogP contribution is -2.39. The van der Waals surface area contributed by atoms with Crippen molar-refractivity contribution >= 4 is 23.2 Å². The number of amides is 1. The number of carbonyl (C=O) groups is 2. The fourth-order valence-corrected chi connectivity index (χ4v) is 3.93. The van der Waals surface area contributed by atoms with Crippen molar-refractivity contribution in [3.05, 3.63) is 57.8 Å². The highest BCUT2D eigenvalue weighted by molar-refractivity contribution is 7.09. The maximum absolute atomic E-state index is 12.5. The molecule has 0 saturated carbocycles. The molecule has 4 nitrogen and oxygen atoms in total. The summed E-state index contributed by atoms with van der Waals surface area (Å²) in [5, 5.41) is 11.0. The summed E-state index contributed by atoms with van der Waals surface area (Å²) in [6.45, 7) is 1.56. The van der Waals surface area contributed by atoms with Crippen LogP contribution in [0.3, 0.4) is 0 Å². The lowest BCUT2D eigenvalue weighted by molar-refractivity contribution is -0.132. The second kappa shape index (κ2) is 7.62. The molecule has 1 unspecified atom stereocenters. The molecule has 1 aliphatic heterocycles. The first-order valence-corrected chi connectivity index (χ1v) is 9.15. The standard InChI is InChI=1S/C19H21NO3S/c21-18(10-9-17-4-2-12-24-17)20-11-1-3-16(13-20)14-5-7-15(8-6-14)19(22)23/h2,4-8,12,16H,1,3,9-11,13H2,(H,22,23). The van der Waals surface area contributed by atoms with E-state index >= 15 is 0 Å². The first-order valence-electron chi connectivity index (χ1n) is 8.27. The van der Waals surface area contributed by atoms with Crippen LogP contribution < -0.4 is 0 Å². The van der Waals surface area contributed by atoms with Crippen LogP contribution in [0, 0.1) is 0 Å². The first-order chi connectivity index (χ1) is 11.6. The van der Waals surface area contributed by atoms with E-state index in [1.165, 1.54) is 4.88 Å². The number of aryl methyl sites for hydroxylation is 1. The molecule has 2 heterocycles. The zero-order valence-electron chi connectivity index (χ0n) is 13.5. The Morgan fingerprint density at radius 2 is 2.00 bits per heavy atom. The molecule has 3 rings (SSSR count). The Bertz CT molecular complexity index is 694. The van der Waals surface area contributed by atoms with Crippen LogP contribution in [-0.2, 0) is 11.2 Å². The molecule has 126 valence electrons. The number of hydrogen-bond acceptors (Lipinski definition) is 3.